The van der Waals surface area contributed by atoms with E-state index in [-0.39, 0.29) is 17.8 Å². The molecule has 0 saturated heterocycles. The lowest BCUT2D eigenvalue weighted by Crippen LogP contribution is -2.34. The highest BCUT2D eigenvalue weighted by atomic mass is 19.1. The summed E-state index contributed by atoms with van der Waals surface area (Å²) in [5.74, 6) is -0.183. The number of halogens is 1. The van der Waals surface area contributed by atoms with E-state index in [1.807, 2.05) is 19.9 Å². The van der Waals surface area contributed by atoms with Crippen molar-refractivity contribution < 1.29 is 9.50 Å². The quantitative estimate of drug-likeness (QED) is 0.778. The number of nitrogens with one attached hydrogen (secondary N) is 1. The molecule has 2 nitrogen and oxygen atoms in total. The summed E-state index contributed by atoms with van der Waals surface area (Å²) in [5, 5.41) is 12.4. The molecule has 1 rings (SSSR count). The summed E-state index contributed by atoms with van der Waals surface area (Å²) in [6, 6.07) is 6.74. The van der Waals surface area contributed by atoms with Gasteiger partial charge >= 0.3 is 0 Å². The molecule has 3 heteroatoms. The van der Waals surface area contributed by atoms with Gasteiger partial charge < -0.3 is 10.4 Å². The van der Waals surface area contributed by atoms with Crippen molar-refractivity contribution >= 4 is 0 Å². The minimum Gasteiger partial charge on any atom is -0.396 e. The summed E-state index contributed by atoms with van der Waals surface area (Å²) >= 11 is 0. The van der Waals surface area contributed by atoms with Gasteiger partial charge in [0.25, 0.3) is 0 Å². The van der Waals surface area contributed by atoms with Gasteiger partial charge in [0.15, 0.2) is 0 Å². The van der Waals surface area contributed by atoms with Crippen LogP contribution in [-0.4, -0.2) is 18.3 Å². The van der Waals surface area contributed by atoms with Crippen LogP contribution in [0, 0.1) is 11.2 Å². The average molecular weight is 225 g/mol. The van der Waals surface area contributed by atoms with E-state index < -0.39 is 0 Å². The molecule has 0 heterocycles. The smallest absolute Gasteiger partial charge is 0.127 e. The van der Waals surface area contributed by atoms with E-state index in [0.717, 1.165) is 6.42 Å². The van der Waals surface area contributed by atoms with Crippen molar-refractivity contribution in [3.63, 3.8) is 0 Å². The summed E-state index contributed by atoms with van der Waals surface area (Å²) in [7, 11) is 0. The van der Waals surface area contributed by atoms with Gasteiger partial charge in [-0.15, -0.1) is 0 Å². The van der Waals surface area contributed by atoms with Crippen LogP contribution < -0.4 is 5.32 Å². The molecule has 0 aliphatic rings. The topological polar surface area (TPSA) is 32.3 Å². The summed E-state index contributed by atoms with van der Waals surface area (Å²) in [4.78, 5) is 0. The van der Waals surface area contributed by atoms with Gasteiger partial charge in [0.1, 0.15) is 5.82 Å². The fraction of sp³-hybridized carbons (Fsp3) is 0.538. The monoisotopic (exact) mass is 225 g/mol. The van der Waals surface area contributed by atoms with Crippen LogP contribution >= 0.6 is 0 Å². The van der Waals surface area contributed by atoms with Crippen molar-refractivity contribution in [3.05, 3.63) is 35.6 Å². The first-order valence-corrected chi connectivity index (χ1v) is 5.66. The predicted octanol–water partition coefficient (Wildman–Crippen LogP) is 2.32. The molecule has 2 N–H and O–H groups in total. The third-order valence-corrected chi connectivity index (χ3v) is 3.06. The van der Waals surface area contributed by atoms with Crippen LogP contribution in [0.25, 0.3) is 0 Å². The molecular formula is C13H20FNO. The molecule has 1 unspecified atom stereocenters. The molecule has 1 aromatic carbocycles. The third-order valence-electron chi connectivity index (χ3n) is 3.06. The van der Waals surface area contributed by atoms with Crippen LogP contribution in [0.4, 0.5) is 4.39 Å². The highest BCUT2D eigenvalue weighted by molar-refractivity contribution is 5.16. The van der Waals surface area contributed by atoms with Gasteiger partial charge in [-0.25, -0.2) is 4.39 Å². The molecule has 90 valence electrons. The van der Waals surface area contributed by atoms with E-state index in [4.69, 9.17) is 0 Å². The molecule has 1 aromatic rings. The fourth-order valence-electron chi connectivity index (χ4n) is 1.43. The molecule has 0 fully saturated rings. The molecule has 0 saturated carbocycles. The Balaban J connectivity index is 2.44. The van der Waals surface area contributed by atoms with Crippen LogP contribution in [0.3, 0.4) is 0 Å². The number of hydrogen-bond acceptors (Lipinski definition) is 2. The van der Waals surface area contributed by atoms with Crippen molar-refractivity contribution in [3.8, 4) is 0 Å². The van der Waals surface area contributed by atoms with Crippen molar-refractivity contribution in [2.24, 2.45) is 5.41 Å². The van der Waals surface area contributed by atoms with Crippen LogP contribution in [-0.2, 0) is 6.54 Å². The van der Waals surface area contributed by atoms with E-state index in [9.17, 15) is 9.50 Å². The lowest BCUT2D eigenvalue weighted by atomic mass is 9.88. The van der Waals surface area contributed by atoms with Gasteiger partial charge in [0, 0.05) is 30.7 Å². The Morgan fingerprint density at radius 2 is 2.06 bits per heavy atom. The van der Waals surface area contributed by atoms with Crippen LogP contribution in [0.5, 0.6) is 0 Å². The summed E-state index contributed by atoms with van der Waals surface area (Å²) in [6.45, 7) is 5.40. The highest BCUT2D eigenvalue weighted by Crippen LogP contribution is 2.18. The SMILES string of the molecule is CCC(C)(CO)CNCc1ccccc1F. The van der Waals surface area contributed by atoms with Gasteiger partial charge in [-0.2, -0.15) is 0 Å². The molecular weight excluding hydrogens is 205 g/mol. The molecule has 0 amide bonds. The molecule has 1 atom stereocenters. The Hall–Kier alpha value is -0.930. The van der Waals surface area contributed by atoms with E-state index in [2.05, 4.69) is 5.32 Å². The molecule has 0 aliphatic heterocycles. The van der Waals surface area contributed by atoms with E-state index in [1.54, 1.807) is 12.1 Å². The average Bonchev–Trinajstić information content (AvgIpc) is 2.31. The first kappa shape index (κ1) is 13.1. The Kier molecular flexibility index (Phi) is 4.90. The third kappa shape index (κ3) is 3.58. The largest absolute Gasteiger partial charge is 0.396 e. The van der Waals surface area contributed by atoms with Crippen LogP contribution in [0.15, 0.2) is 24.3 Å². The standard InChI is InChI=1S/C13H20FNO/c1-3-13(2,10-16)9-15-8-11-6-4-5-7-12(11)14/h4-7,15-16H,3,8-10H2,1-2H3. The minimum atomic E-state index is -0.183. The Morgan fingerprint density at radius 3 is 2.62 bits per heavy atom. The predicted molar refractivity (Wildman–Crippen MR) is 63.6 cm³/mol. The highest BCUT2D eigenvalue weighted by Gasteiger charge is 2.20. The second-order valence-corrected chi connectivity index (χ2v) is 4.52. The van der Waals surface area contributed by atoms with E-state index >= 15 is 0 Å². The van der Waals surface area contributed by atoms with Gasteiger partial charge in [0.2, 0.25) is 0 Å². The fourth-order valence-corrected chi connectivity index (χ4v) is 1.43. The van der Waals surface area contributed by atoms with E-state index in [1.165, 1.54) is 6.07 Å². The normalized spacial score (nSPS) is 14.8. The van der Waals surface area contributed by atoms with Crippen molar-refractivity contribution in [2.45, 2.75) is 26.8 Å². The van der Waals surface area contributed by atoms with Crippen molar-refractivity contribution in [1.82, 2.24) is 5.32 Å². The van der Waals surface area contributed by atoms with Gasteiger partial charge in [-0.05, 0) is 12.5 Å². The number of aliphatic hydroxyl groups is 1. The molecule has 0 radical (unpaired) electrons. The van der Waals surface area contributed by atoms with Crippen LogP contribution in [0.1, 0.15) is 25.8 Å². The Morgan fingerprint density at radius 1 is 1.38 bits per heavy atom. The molecule has 16 heavy (non-hydrogen) atoms. The first-order valence-electron chi connectivity index (χ1n) is 5.66. The zero-order valence-electron chi connectivity index (χ0n) is 9.96. The molecule has 0 bridgehead atoms. The number of hydrogen-bond donors (Lipinski definition) is 2. The van der Waals surface area contributed by atoms with E-state index in [0.29, 0.717) is 18.7 Å². The van der Waals surface area contributed by atoms with Gasteiger partial charge in [-0.1, -0.05) is 32.0 Å². The maximum absolute atomic E-state index is 13.3. The number of rotatable bonds is 6. The van der Waals surface area contributed by atoms with Crippen molar-refractivity contribution in [1.29, 1.82) is 0 Å². The van der Waals surface area contributed by atoms with Gasteiger partial charge in [-0.3, -0.25) is 0 Å². The molecule has 0 aliphatic carbocycles. The van der Waals surface area contributed by atoms with Gasteiger partial charge in [0.05, 0.1) is 0 Å². The second kappa shape index (κ2) is 5.97. The Bertz CT molecular complexity index is 323. The van der Waals surface area contributed by atoms with Crippen molar-refractivity contribution in [2.75, 3.05) is 13.2 Å². The second-order valence-electron chi connectivity index (χ2n) is 4.52. The summed E-state index contributed by atoms with van der Waals surface area (Å²) in [6.07, 6.45) is 0.897. The maximum Gasteiger partial charge on any atom is 0.127 e. The minimum absolute atomic E-state index is 0.120. The van der Waals surface area contributed by atoms with Crippen LogP contribution in [0.2, 0.25) is 0 Å². The Labute approximate surface area is 96.5 Å². The zero-order valence-corrected chi connectivity index (χ0v) is 9.96. The number of aliphatic hydroxyl groups excluding tert-OH is 1. The zero-order chi connectivity index (χ0) is 12.0. The lowest BCUT2D eigenvalue weighted by molar-refractivity contribution is 0.135. The summed E-state index contributed by atoms with van der Waals surface area (Å²) < 4.78 is 13.3. The number of benzene rings is 1. The maximum atomic E-state index is 13.3. The molecule has 0 aromatic heterocycles. The summed E-state index contributed by atoms with van der Waals surface area (Å²) in [5.41, 5.74) is 0.546. The first-order chi connectivity index (χ1) is 7.61. The molecule has 0 spiro atoms. The lowest BCUT2D eigenvalue weighted by Gasteiger charge is -2.25.